The van der Waals surface area contributed by atoms with Crippen LogP contribution in [0.1, 0.15) is 26.2 Å². The Labute approximate surface area is 72.6 Å². The van der Waals surface area contributed by atoms with Crippen LogP contribution in [-0.2, 0) is 4.74 Å². The molecular weight excluding hydrogens is 150 g/mol. The van der Waals surface area contributed by atoms with E-state index in [2.05, 4.69) is 18.0 Å². The lowest BCUT2D eigenvalue weighted by molar-refractivity contribution is 0.343. The second-order valence-corrected chi connectivity index (χ2v) is 3.06. The number of hydrogen-bond acceptors (Lipinski definition) is 2. The molecule has 0 aromatic carbocycles. The third-order valence-electron chi connectivity index (χ3n) is 2.36. The zero-order valence-corrected chi connectivity index (χ0v) is 7.34. The van der Waals surface area contributed by atoms with Crippen LogP contribution in [0.15, 0.2) is 28.4 Å². The molecule has 2 heteroatoms. The second kappa shape index (κ2) is 3.13. The molecule has 1 saturated heterocycles. The van der Waals surface area contributed by atoms with E-state index in [1.165, 1.54) is 11.1 Å². The van der Waals surface area contributed by atoms with Crippen LogP contribution in [0.3, 0.4) is 0 Å². The van der Waals surface area contributed by atoms with Gasteiger partial charge in [-0.2, -0.15) is 0 Å². The summed E-state index contributed by atoms with van der Waals surface area (Å²) in [4.78, 5) is 4.24. The first-order valence-electron chi connectivity index (χ1n) is 4.48. The van der Waals surface area contributed by atoms with Crippen LogP contribution in [0.2, 0.25) is 0 Å². The molecule has 0 aliphatic carbocycles. The molecule has 2 heterocycles. The van der Waals surface area contributed by atoms with Crippen molar-refractivity contribution in [3.8, 4) is 0 Å². The molecule has 0 bridgehead atoms. The molecule has 2 rings (SSSR count). The number of fused-ring (bicyclic) bond motifs is 1. The lowest BCUT2D eigenvalue weighted by Gasteiger charge is -2.02. The maximum atomic E-state index is 5.41. The van der Waals surface area contributed by atoms with Gasteiger partial charge in [0.2, 0.25) is 5.90 Å². The number of ether oxygens (including phenoxy) is 1. The Morgan fingerprint density at radius 1 is 1.58 bits per heavy atom. The summed E-state index contributed by atoms with van der Waals surface area (Å²) in [6.07, 6.45) is 7.15. The molecule has 0 saturated carbocycles. The van der Waals surface area contributed by atoms with Gasteiger partial charge >= 0.3 is 0 Å². The van der Waals surface area contributed by atoms with E-state index in [1.54, 1.807) is 0 Å². The standard InChI is InChI=1S/C10H13NO/c1-2-8-4-3-6-11-10-9(8)5-7-12-10/h3,6H,2,4-5,7H2,1H3. The summed E-state index contributed by atoms with van der Waals surface area (Å²) in [5.74, 6) is 0.862. The fraction of sp³-hybridized carbons (Fsp3) is 0.500. The Morgan fingerprint density at radius 3 is 3.33 bits per heavy atom. The van der Waals surface area contributed by atoms with Gasteiger partial charge in [-0.1, -0.05) is 18.6 Å². The normalized spacial score (nSPS) is 21.6. The van der Waals surface area contributed by atoms with E-state index in [0.717, 1.165) is 31.8 Å². The molecule has 0 spiro atoms. The Hall–Kier alpha value is -1.05. The second-order valence-electron chi connectivity index (χ2n) is 3.06. The summed E-state index contributed by atoms with van der Waals surface area (Å²) in [5.41, 5.74) is 2.84. The summed E-state index contributed by atoms with van der Waals surface area (Å²) >= 11 is 0. The number of allylic oxidation sites excluding steroid dienone is 2. The summed E-state index contributed by atoms with van der Waals surface area (Å²) in [5, 5.41) is 0. The van der Waals surface area contributed by atoms with Crippen LogP contribution in [0.5, 0.6) is 0 Å². The Balaban J connectivity index is 2.39. The van der Waals surface area contributed by atoms with E-state index < -0.39 is 0 Å². The van der Waals surface area contributed by atoms with Crippen molar-refractivity contribution in [3.63, 3.8) is 0 Å². The summed E-state index contributed by atoms with van der Waals surface area (Å²) in [7, 11) is 0. The zero-order valence-electron chi connectivity index (χ0n) is 7.34. The molecule has 2 nitrogen and oxygen atoms in total. The Bertz CT molecular complexity index is 274. The number of hydrogen-bond donors (Lipinski definition) is 0. The van der Waals surface area contributed by atoms with Gasteiger partial charge in [0.05, 0.1) is 6.61 Å². The van der Waals surface area contributed by atoms with Crippen molar-refractivity contribution in [2.45, 2.75) is 26.2 Å². The first kappa shape index (κ1) is 7.59. The molecule has 12 heavy (non-hydrogen) atoms. The quantitative estimate of drug-likeness (QED) is 0.581. The summed E-state index contributed by atoms with van der Waals surface area (Å²) < 4.78 is 5.41. The minimum absolute atomic E-state index is 0.811. The molecule has 0 aromatic rings. The Morgan fingerprint density at radius 2 is 2.50 bits per heavy atom. The number of aliphatic imine (C=N–C) groups is 1. The largest absolute Gasteiger partial charge is 0.477 e. The molecule has 64 valence electrons. The predicted molar refractivity (Wildman–Crippen MR) is 49.1 cm³/mol. The highest BCUT2D eigenvalue weighted by molar-refractivity contribution is 5.96. The van der Waals surface area contributed by atoms with Crippen molar-refractivity contribution in [1.82, 2.24) is 0 Å². The highest BCUT2D eigenvalue weighted by Gasteiger charge is 2.20. The molecule has 0 radical (unpaired) electrons. The van der Waals surface area contributed by atoms with E-state index in [-0.39, 0.29) is 0 Å². The third-order valence-corrected chi connectivity index (χ3v) is 2.36. The zero-order chi connectivity index (χ0) is 8.39. The van der Waals surface area contributed by atoms with Gasteiger partial charge in [0.1, 0.15) is 0 Å². The molecule has 2 aliphatic heterocycles. The highest BCUT2D eigenvalue weighted by Crippen LogP contribution is 2.25. The molecule has 0 N–H and O–H groups in total. The van der Waals surface area contributed by atoms with Gasteiger partial charge in [-0.05, 0) is 12.8 Å². The summed E-state index contributed by atoms with van der Waals surface area (Å²) in [6.45, 7) is 3.00. The smallest absolute Gasteiger partial charge is 0.216 e. The van der Waals surface area contributed by atoms with Crippen molar-refractivity contribution in [2.75, 3.05) is 6.61 Å². The van der Waals surface area contributed by atoms with Crippen molar-refractivity contribution in [3.05, 3.63) is 23.4 Å². The molecule has 0 unspecified atom stereocenters. The molecule has 0 atom stereocenters. The monoisotopic (exact) mass is 163 g/mol. The average Bonchev–Trinajstić information content (AvgIpc) is 2.46. The van der Waals surface area contributed by atoms with Crippen LogP contribution in [-0.4, -0.2) is 12.5 Å². The summed E-state index contributed by atoms with van der Waals surface area (Å²) in [6, 6.07) is 0. The third kappa shape index (κ3) is 1.17. The fourth-order valence-corrected chi connectivity index (χ4v) is 1.68. The highest BCUT2D eigenvalue weighted by atomic mass is 16.5. The van der Waals surface area contributed by atoms with E-state index >= 15 is 0 Å². The average molecular weight is 163 g/mol. The fourth-order valence-electron chi connectivity index (χ4n) is 1.68. The van der Waals surface area contributed by atoms with E-state index in [4.69, 9.17) is 4.74 Å². The van der Waals surface area contributed by atoms with Gasteiger partial charge < -0.3 is 4.74 Å². The molecule has 0 aromatic heterocycles. The van der Waals surface area contributed by atoms with Crippen molar-refractivity contribution >= 4 is 5.90 Å². The van der Waals surface area contributed by atoms with Gasteiger partial charge in [-0.3, -0.25) is 0 Å². The topological polar surface area (TPSA) is 21.6 Å². The van der Waals surface area contributed by atoms with Gasteiger partial charge in [0.15, 0.2) is 0 Å². The molecular formula is C10H13NO. The van der Waals surface area contributed by atoms with Gasteiger partial charge in [0, 0.05) is 18.2 Å². The molecule has 2 aliphatic rings. The first-order valence-corrected chi connectivity index (χ1v) is 4.48. The SMILES string of the molecule is CCC1=C2CCOC2=NC=CC1. The van der Waals surface area contributed by atoms with Crippen molar-refractivity contribution < 1.29 is 4.74 Å². The van der Waals surface area contributed by atoms with Crippen molar-refractivity contribution in [2.24, 2.45) is 4.99 Å². The minimum atomic E-state index is 0.811. The lowest BCUT2D eigenvalue weighted by Crippen LogP contribution is -1.98. The van der Waals surface area contributed by atoms with Crippen LogP contribution in [0.4, 0.5) is 0 Å². The van der Waals surface area contributed by atoms with Crippen molar-refractivity contribution in [1.29, 1.82) is 0 Å². The number of nitrogens with zero attached hydrogens (tertiary/aromatic N) is 1. The number of rotatable bonds is 1. The van der Waals surface area contributed by atoms with Crippen LogP contribution < -0.4 is 0 Å². The predicted octanol–water partition coefficient (Wildman–Crippen LogP) is 2.43. The maximum Gasteiger partial charge on any atom is 0.216 e. The van der Waals surface area contributed by atoms with Gasteiger partial charge in [-0.15, -0.1) is 0 Å². The first-order chi connectivity index (χ1) is 5.92. The lowest BCUT2D eigenvalue weighted by atomic mass is 10.0. The van der Waals surface area contributed by atoms with Gasteiger partial charge in [-0.25, -0.2) is 4.99 Å². The van der Waals surface area contributed by atoms with E-state index in [0.29, 0.717) is 0 Å². The van der Waals surface area contributed by atoms with Crippen LogP contribution in [0.25, 0.3) is 0 Å². The Kier molecular flexibility index (Phi) is 1.98. The maximum absolute atomic E-state index is 5.41. The van der Waals surface area contributed by atoms with Gasteiger partial charge in [0.25, 0.3) is 0 Å². The van der Waals surface area contributed by atoms with E-state index in [9.17, 15) is 0 Å². The van der Waals surface area contributed by atoms with E-state index in [1.807, 2.05) is 6.20 Å². The molecule has 1 fully saturated rings. The molecule has 0 amide bonds. The van der Waals surface area contributed by atoms with Crippen LogP contribution >= 0.6 is 0 Å². The van der Waals surface area contributed by atoms with Crippen LogP contribution in [0, 0.1) is 0 Å². The minimum Gasteiger partial charge on any atom is -0.477 e.